The molecule has 2 atom stereocenters. The molecule has 1 rings (SSSR count). The first-order valence-electron chi connectivity index (χ1n) is 6.08. The lowest BCUT2D eigenvalue weighted by atomic mass is 10.0. The highest BCUT2D eigenvalue weighted by Gasteiger charge is 2.43. The fraction of sp³-hybridized carbons (Fsp3) is 1.00. The van der Waals surface area contributed by atoms with Gasteiger partial charge in [0.25, 0.3) is 0 Å². The molecule has 1 aliphatic heterocycles. The molecule has 2 nitrogen and oxygen atoms in total. The fourth-order valence-electron chi connectivity index (χ4n) is 2.59. The summed E-state index contributed by atoms with van der Waals surface area (Å²) < 4.78 is 0. The highest BCUT2D eigenvalue weighted by atomic mass is 15.5. The maximum absolute atomic E-state index is 2.60. The summed E-state index contributed by atoms with van der Waals surface area (Å²) in [5.74, 6) is 0. The molecular weight excluding hydrogens is 184 g/mol. The van der Waals surface area contributed by atoms with Gasteiger partial charge >= 0.3 is 0 Å². The van der Waals surface area contributed by atoms with Crippen LogP contribution in [0.5, 0.6) is 0 Å². The van der Waals surface area contributed by atoms with Crippen LogP contribution in [-0.2, 0) is 0 Å². The molecule has 0 aliphatic carbocycles. The van der Waals surface area contributed by atoms with Crippen molar-refractivity contribution in [3.63, 3.8) is 0 Å². The minimum atomic E-state index is 0.272. The van der Waals surface area contributed by atoms with Gasteiger partial charge in [0.2, 0.25) is 0 Å². The fourth-order valence-corrected chi connectivity index (χ4v) is 2.59. The Bertz CT molecular complexity index is 198. The van der Waals surface area contributed by atoms with Gasteiger partial charge in [-0.2, -0.15) is 0 Å². The monoisotopic (exact) mass is 212 g/mol. The smallest absolute Gasteiger partial charge is 0.0522 e. The molecule has 2 heteroatoms. The molecule has 1 heterocycles. The van der Waals surface area contributed by atoms with E-state index in [1.807, 2.05) is 0 Å². The van der Waals surface area contributed by atoms with Gasteiger partial charge < -0.3 is 0 Å². The van der Waals surface area contributed by atoms with Gasteiger partial charge in [-0.1, -0.05) is 0 Å². The molecule has 0 bridgehead atoms. The topological polar surface area (TPSA) is 6.48 Å². The first kappa shape index (κ1) is 13.0. The van der Waals surface area contributed by atoms with Crippen LogP contribution in [-0.4, -0.2) is 39.6 Å². The Morgan fingerprint density at radius 1 is 0.733 bits per heavy atom. The van der Waals surface area contributed by atoms with Gasteiger partial charge in [-0.05, 0) is 55.4 Å². The van der Waals surface area contributed by atoms with E-state index in [1.54, 1.807) is 0 Å². The third kappa shape index (κ3) is 2.54. The number of nitrogens with zero attached hydrogens (tertiary/aromatic N) is 2. The van der Waals surface area contributed by atoms with Crippen LogP contribution in [0, 0.1) is 0 Å². The van der Waals surface area contributed by atoms with Crippen molar-refractivity contribution in [3.05, 3.63) is 0 Å². The highest BCUT2D eigenvalue weighted by Crippen LogP contribution is 2.32. The minimum absolute atomic E-state index is 0.272. The summed E-state index contributed by atoms with van der Waals surface area (Å²) in [6.45, 7) is 19.6. The van der Waals surface area contributed by atoms with Crippen molar-refractivity contribution in [3.8, 4) is 0 Å². The lowest BCUT2D eigenvalue weighted by Gasteiger charge is -2.36. The molecule has 0 aromatic heterocycles. The predicted molar refractivity (Wildman–Crippen MR) is 67.0 cm³/mol. The first-order chi connectivity index (χ1) is 6.55. The maximum atomic E-state index is 2.60. The van der Waals surface area contributed by atoms with Gasteiger partial charge in [0.15, 0.2) is 0 Å². The van der Waals surface area contributed by atoms with Crippen molar-refractivity contribution in [1.82, 2.24) is 9.80 Å². The standard InChI is InChI=1S/C13H28N2/c1-10-11(2)15(13(6,7)8)9-14(10)12(3,4)5/h10-11H,9H2,1-8H3. The molecule has 0 spiro atoms. The second-order valence-electron chi connectivity index (χ2n) is 6.90. The van der Waals surface area contributed by atoms with Crippen LogP contribution in [0.4, 0.5) is 0 Å². The molecule has 0 N–H and O–H groups in total. The number of hydrogen-bond donors (Lipinski definition) is 0. The summed E-state index contributed by atoms with van der Waals surface area (Å²) in [6, 6.07) is 1.29. The molecule has 1 aliphatic rings. The molecule has 15 heavy (non-hydrogen) atoms. The molecule has 2 unspecified atom stereocenters. The molecule has 0 aromatic rings. The van der Waals surface area contributed by atoms with Crippen molar-refractivity contribution in [1.29, 1.82) is 0 Å². The van der Waals surface area contributed by atoms with E-state index >= 15 is 0 Å². The predicted octanol–water partition coefficient (Wildman–Crippen LogP) is 2.94. The van der Waals surface area contributed by atoms with E-state index in [0.717, 1.165) is 6.67 Å². The van der Waals surface area contributed by atoms with Crippen molar-refractivity contribution in [2.75, 3.05) is 6.67 Å². The maximum Gasteiger partial charge on any atom is 0.0522 e. The van der Waals surface area contributed by atoms with Gasteiger partial charge in [-0.15, -0.1) is 0 Å². The van der Waals surface area contributed by atoms with E-state index < -0.39 is 0 Å². The zero-order valence-corrected chi connectivity index (χ0v) is 11.8. The minimum Gasteiger partial charge on any atom is -0.281 e. The van der Waals surface area contributed by atoms with Crippen LogP contribution in [0.2, 0.25) is 0 Å². The Hall–Kier alpha value is -0.0800. The Kier molecular flexibility index (Phi) is 3.24. The van der Waals surface area contributed by atoms with Crippen molar-refractivity contribution < 1.29 is 0 Å². The summed E-state index contributed by atoms with van der Waals surface area (Å²) >= 11 is 0. The second-order valence-corrected chi connectivity index (χ2v) is 6.90. The molecule has 1 fully saturated rings. The van der Waals surface area contributed by atoms with Crippen LogP contribution < -0.4 is 0 Å². The molecular formula is C13H28N2. The first-order valence-corrected chi connectivity index (χ1v) is 6.08. The lowest BCUT2D eigenvalue weighted by Crippen LogP contribution is -2.46. The summed E-state index contributed by atoms with van der Waals surface area (Å²) in [5, 5.41) is 0. The van der Waals surface area contributed by atoms with Crippen molar-refractivity contribution in [2.24, 2.45) is 0 Å². The van der Waals surface area contributed by atoms with E-state index in [4.69, 9.17) is 0 Å². The summed E-state index contributed by atoms with van der Waals surface area (Å²) in [7, 11) is 0. The lowest BCUT2D eigenvalue weighted by molar-refractivity contribution is 0.0789. The van der Waals surface area contributed by atoms with E-state index in [9.17, 15) is 0 Å². The van der Waals surface area contributed by atoms with Crippen molar-refractivity contribution in [2.45, 2.75) is 78.6 Å². The third-order valence-corrected chi connectivity index (χ3v) is 3.71. The van der Waals surface area contributed by atoms with Gasteiger partial charge in [-0.25, -0.2) is 0 Å². The molecule has 0 radical (unpaired) electrons. The SMILES string of the molecule is CC1C(C)N(C(C)(C)C)CN1C(C)(C)C. The summed E-state index contributed by atoms with van der Waals surface area (Å²) in [5.41, 5.74) is 0.543. The van der Waals surface area contributed by atoms with Crippen LogP contribution in [0.25, 0.3) is 0 Å². The normalized spacial score (nSPS) is 31.2. The summed E-state index contributed by atoms with van der Waals surface area (Å²) in [4.78, 5) is 5.20. The molecule has 90 valence electrons. The van der Waals surface area contributed by atoms with E-state index in [0.29, 0.717) is 12.1 Å². The Morgan fingerprint density at radius 3 is 1.13 bits per heavy atom. The molecule has 1 saturated heterocycles. The quantitative estimate of drug-likeness (QED) is 0.609. The average Bonchev–Trinajstić information content (AvgIpc) is 2.26. The Morgan fingerprint density at radius 2 is 1.00 bits per heavy atom. The van der Waals surface area contributed by atoms with Gasteiger partial charge in [0.1, 0.15) is 0 Å². The van der Waals surface area contributed by atoms with Gasteiger partial charge in [0, 0.05) is 23.2 Å². The zero-order chi connectivity index (χ0) is 12.0. The van der Waals surface area contributed by atoms with Gasteiger partial charge in [0.05, 0.1) is 6.67 Å². The van der Waals surface area contributed by atoms with E-state index in [2.05, 4.69) is 65.2 Å². The second kappa shape index (κ2) is 3.74. The van der Waals surface area contributed by atoms with E-state index in [-0.39, 0.29) is 11.1 Å². The number of rotatable bonds is 0. The summed E-state index contributed by atoms with van der Waals surface area (Å²) in [6.07, 6.45) is 0. The third-order valence-electron chi connectivity index (χ3n) is 3.71. The highest BCUT2D eigenvalue weighted by molar-refractivity contribution is 4.97. The molecule has 0 amide bonds. The zero-order valence-electron chi connectivity index (χ0n) is 11.8. The van der Waals surface area contributed by atoms with Crippen molar-refractivity contribution >= 4 is 0 Å². The van der Waals surface area contributed by atoms with E-state index in [1.165, 1.54) is 0 Å². The van der Waals surface area contributed by atoms with Gasteiger partial charge in [-0.3, -0.25) is 9.80 Å². The Balaban J connectivity index is 2.86. The van der Waals surface area contributed by atoms with Crippen LogP contribution >= 0.6 is 0 Å². The average molecular weight is 212 g/mol. The molecule has 0 saturated carbocycles. The Labute approximate surface area is 95.6 Å². The number of hydrogen-bond acceptors (Lipinski definition) is 2. The van der Waals surface area contributed by atoms with Crippen LogP contribution in [0.3, 0.4) is 0 Å². The van der Waals surface area contributed by atoms with Crippen LogP contribution in [0.15, 0.2) is 0 Å². The largest absolute Gasteiger partial charge is 0.281 e. The molecule has 0 aromatic carbocycles. The van der Waals surface area contributed by atoms with Crippen LogP contribution in [0.1, 0.15) is 55.4 Å².